The van der Waals surface area contributed by atoms with Crippen LogP contribution in [0.3, 0.4) is 0 Å². The van der Waals surface area contributed by atoms with Gasteiger partial charge in [0, 0.05) is 37.1 Å². The van der Waals surface area contributed by atoms with Gasteiger partial charge in [-0.2, -0.15) is 0 Å². The van der Waals surface area contributed by atoms with E-state index < -0.39 is 0 Å². The normalized spacial score (nSPS) is 16.0. The maximum atomic E-state index is 13.5. The molecule has 6 heteroatoms. The van der Waals surface area contributed by atoms with E-state index >= 15 is 0 Å². The number of carbonyl (C=O) groups is 2. The maximum Gasteiger partial charge on any atom is 0.254 e. The number of ether oxygens (including phenoxy) is 1. The number of fused-ring (bicyclic) bond motifs is 1. The number of likely N-dealkylation sites (tertiary alicyclic amines) is 1. The molecule has 6 nitrogen and oxygen atoms in total. The smallest absolute Gasteiger partial charge is 0.254 e. The van der Waals surface area contributed by atoms with E-state index in [1.807, 2.05) is 67.5 Å². The Bertz CT molecular complexity index is 1170. The van der Waals surface area contributed by atoms with Crippen molar-refractivity contribution in [1.29, 1.82) is 0 Å². The van der Waals surface area contributed by atoms with Crippen molar-refractivity contribution in [3.63, 3.8) is 0 Å². The Kier molecular flexibility index (Phi) is 7.48. The van der Waals surface area contributed by atoms with Crippen LogP contribution in [0.25, 0.3) is 10.8 Å². The highest BCUT2D eigenvalue weighted by atomic mass is 16.5. The molecule has 3 aromatic carbocycles. The molecule has 0 aliphatic carbocycles. The summed E-state index contributed by atoms with van der Waals surface area (Å²) in [6.07, 6.45) is 1.60. The van der Waals surface area contributed by atoms with Gasteiger partial charge in [-0.25, -0.2) is 0 Å². The second kappa shape index (κ2) is 10.7. The van der Waals surface area contributed by atoms with Crippen LogP contribution in [0.5, 0.6) is 5.75 Å². The molecule has 34 heavy (non-hydrogen) atoms. The molecule has 1 aliphatic heterocycles. The predicted molar refractivity (Wildman–Crippen MR) is 135 cm³/mol. The lowest BCUT2D eigenvalue weighted by molar-refractivity contribution is -0.126. The van der Waals surface area contributed by atoms with Crippen LogP contribution in [0.4, 0.5) is 0 Å². The van der Waals surface area contributed by atoms with Crippen molar-refractivity contribution in [2.45, 2.75) is 25.9 Å². The van der Waals surface area contributed by atoms with E-state index in [1.54, 1.807) is 7.11 Å². The van der Waals surface area contributed by atoms with Gasteiger partial charge >= 0.3 is 0 Å². The number of nitrogens with one attached hydrogen (secondary N) is 1. The minimum atomic E-state index is -0.205. The molecule has 1 saturated heterocycles. The molecule has 1 N–H and O–H groups in total. The summed E-state index contributed by atoms with van der Waals surface area (Å²) in [6, 6.07) is 19.6. The third-order valence-electron chi connectivity index (χ3n) is 6.47. The van der Waals surface area contributed by atoms with E-state index in [4.69, 9.17) is 4.74 Å². The SMILES string of the molecule is COc1ccc(C(=O)N2CCCC(C(=O)NCc3ccccc3CN(C)C)C2)c2ccccc12. The molecule has 0 aromatic heterocycles. The molecular weight excluding hydrogens is 426 g/mol. The van der Waals surface area contributed by atoms with Crippen molar-refractivity contribution >= 4 is 22.6 Å². The van der Waals surface area contributed by atoms with Crippen LogP contribution in [0, 0.1) is 5.92 Å². The van der Waals surface area contributed by atoms with Crippen LogP contribution in [0.2, 0.25) is 0 Å². The first-order valence-corrected chi connectivity index (χ1v) is 11.8. The second-order valence-corrected chi connectivity index (χ2v) is 9.18. The van der Waals surface area contributed by atoms with E-state index in [0.29, 0.717) is 25.2 Å². The van der Waals surface area contributed by atoms with Crippen LogP contribution in [0.15, 0.2) is 60.7 Å². The lowest BCUT2D eigenvalue weighted by Crippen LogP contribution is -2.45. The Labute approximate surface area is 201 Å². The summed E-state index contributed by atoms with van der Waals surface area (Å²) in [4.78, 5) is 30.4. The molecule has 0 spiro atoms. The first-order valence-electron chi connectivity index (χ1n) is 11.8. The fraction of sp³-hybridized carbons (Fsp3) is 0.357. The molecule has 1 aliphatic rings. The number of benzene rings is 3. The molecule has 0 saturated carbocycles. The highest BCUT2D eigenvalue weighted by Crippen LogP contribution is 2.30. The summed E-state index contributed by atoms with van der Waals surface area (Å²) in [5, 5.41) is 4.90. The van der Waals surface area contributed by atoms with E-state index in [1.165, 1.54) is 5.56 Å². The molecular formula is C28H33N3O3. The first kappa shape index (κ1) is 23.8. The average Bonchev–Trinajstić information content (AvgIpc) is 2.86. The molecule has 4 rings (SSSR count). The van der Waals surface area contributed by atoms with Crippen LogP contribution in [0.1, 0.15) is 34.3 Å². The minimum Gasteiger partial charge on any atom is -0.496 e. The van der Waals surface area contributed by atoms with E-state index in [0.717, 1.165) is 41.5 Å². The summed E-state index contributed by atoms with van der Waals surface area (Å²) in [6.45, 7) is 2.42. The third-order valence-corrected chi connectivity index (χ3v) is 6.47. The highest BCUT2D eigenvalue weighted by molar-refractivity contribution is 6.08. The summed E-state index contributed by atoms with van der Waals surface area (Å²) < 4.78 is 5.47. The van der Waals surface area contributed by atoms with Crippen molar-refractivity contribution in [2.24, 2.45) is 5.92 Å². The van der Waals surface area contributed by atoms with Crippen LogP contribution < -0.4 is 10.1 Å². The Morgan fingerprint density at radius 3 is 2.44 bits per heavy atom. The number of carbonyl (C=O) groups excluding carboxylic acids is 2. The number of nitrogens with zero attached hydrogens (tertiary/aromatic N) is 2. The van der Waals surface area contributed by atoms with E-state index in [-0.39, 0.29) is 17.7 Å². The van der Waals surface area contributed by atoms with Gasteiger partial charge in [0.15, 0.2) is 0 Å². The van der Waals surface area contributed by atoms with Gasteiger partial charge in [-0.05, 0) is 55.6 Å². The molecule has 1 fully saturated rings. The molecule has 178 valence electrons. The Morgan fingerprint density at radius 1 is 1.00 bits per heavy atom. The van der Waals surface area contributed by atoms with Gasteiger partial charge in [-0.3, -0.25) is 9.59 Å². The van der Waals surface area contributed by atoms with Crippen molar-refractivity contribution in [1.82, 2.24) is 15.1 Å². The number of amides is 2. The number of methoxy groups -OCH3 is 1. The fourth-order valence-electron chi connectivity index (χ4n) is 4.73. The zero-order valence-electron chi connectivity index (χ0n) is 20.2. The lowest BCUT2D eigenvalue weighted by Gasteiger charge is -2.32. The molecule has 1 atom stereocenters. The third kappa shape index (κ3) is 5.23. The number of hydrogen-bond acceptors (Lipinski definition) is 4. The Morgan fingerprint density at radius 2 is 1.71 bits per heavy atom. The molecule has 1 unspecified atom stereocenters. The van der Waals surface area contributed by atoms with Gasteiger partial charge < -0.3 is 19.9 Å². The molecule has 3 aromatic rings. The maximum absolute atomic E-state index is 13.5. The Balaban J connectivity index is 1.44. The summed E-state index contributed by atoms with van der Waals surface area (Å²) >= 11 is 0. The molecule has 0 bridgehead atoms. The van der Waals surface area contributed by atoms with Crippen LogP contribution >= 0.6 is 0 Å². The average molecular weight is 460 g/mol. The highest BCUT2D eigenvalue weighted by Gasteiger charge is 2.29. The van der Waals surface area contributed by atoms with Crippen molar-refractivity contribution in [2.75, 3.05) is 34.3 Å². The zero-order valence-corrected chi connectivity index (χ0v) is 20.2. The monoisotopic (exact) mass is 459 g/mol. The number of piperidine rings is 1. The fourth-order valence-corrected chi connectivity index (χ4v) is 4.73. The van der Waals surface area contributed by atoms with Crippen molar-refractivity contribution in [3.05, 3.63) is 77.4 Å². The second-order valence-electron chi connectivity index (χ2n) is 9.18. The van der Waals surface area contributed by atoms with Gasteiger partial charge in [0.05, 0.1) is 13.0 Å². The topological polar surface area (TPSA) is 61.9 Å². The van der Waals surface area contributed by atoms with Crippen LogP contribution in [-0.2, 0) is 17.9 Å². The van der Waals surface area contributed by atoms with Gasteiger partial charge in [0.2, 0.25) is 5.91 Å². The first-order chi connectivity index (χ1) is 16.5. The zero-order chi connectivity index (χ0) is 24.1. The van der Waals surface area contributed by atoms with E-state index in [2.05, 4.69) is 22.3 Å². The predicted octanol–water partition coefficient (Wildman–Crippen LogP) is 4.08. The molecule has 2 amide bonds. The Hall–Kier alpha value is -3.38. The quantitative estimate of drug-likeness (QED) is 0.578. The molecule has 0 radical (unpaired) electrons. The standard InChI is InChI=1S/C28H33N3O3/c1-30(2)18-21-10-5-4-9-20(21)17-29-27(32)22-11-8-16-31(19-22)28(33)25-14-15-26(34-3)24-13-7-6-12-23(24)25/h4-7,9-10,12-15,22H,8,11,16-19H2,1-3H3,(H,29,32). The van der Waals surface area contributed by atoms with Gasteiger partial charge in [0.25, 0.3) is 5.91 Å². The lowest BCUT2D eigenvalue weighted by atomic mass is 9.95. The molecule has 1 heterocycles. The van der Waals surface area contributed by atoms with Crippen molar-refractivity contribution < 1.29 is 14.3 Å². The van der Waals surface area contributed by atoms with Crippen molar-refractivity contribution in [3.8, 4) is 5.75 Å². The van der Waals surface area contributed by atoms with E-state index in [9.17, 15) is 9.59 Å². The minimum absolute atomic E-state index is 0.0109. The summed E-state index contributed by atoms with van der Waals surface area (Å²) in [7, 11) is 5.71. The summed E-state index contributed by atoms with van der Waals surface area (Å²) in [5.74, 6) is 0.519. The van der Waals surface area contributed by atoms with Crippen LogP contribution in [-0.4, -0.2) is 55.9 Å². The van der Waals surface area contributed by atoms with Gasteiger partial charge in [-0.15, -0.1) is 0 Å². The van der Waals surface area contributed by atoms with Gasteiger partial charge in [-0.1, -0.05) is 48.5 Å². The largest absolute Gasteiger partial charge is 0.496 e. The number of hydrogen-bond donors (Lipinski definition) is 1. The summed E-state index contributed by atoms with van der Waals surface area (Å²) in [5.41, 5.74) is 2.98. The van der Waals surface area contributed by atoms with Gasteiger partial charge in [0.1, 0.15) is 5.75 Å². The number of rotatable bonds is 7.